The first kappa shape index (κ1) is 16.6. The van der Waals surface area contributed by atoms with Gasteiger partial charge in [0.1, 0.15) is 0 Å². The second-order valence-corrected chi connectivity index (χ2v) is 7.60. The van der Waals surface area contributed by atoms with Gasteiger partial charge in [-0.2, -0.15) is 0 Å². The molecular formula is C20H18Cl2N2O. The van der Waals surface area contributed by atoms with Gasteiger partial charge in [-0.1, -0.05) is 35.3 Å². The minimum atomic E-state index is 0.0562. The summed E-state index contributed by atoms with van der Waals surface area (Å²) in [5, 5.41) is 1.32. The molecule has 1 aromatic carbocycles. The van der Waals surface area contributed by atoms with Crippen molar-refractivity contribution in [2.45, 2.75) is 31.6 Å². The fourth-order valence-electron chi connectivity index (χ4n) is 3.84. The number of aromatic nitrogens is 2. The van der Waals surface area contributed by atoms with Crippen molar-refractivity contribution in [2.24, 2.45) is 5.92 Å². The summed E-state index contributed by atoms with van der Waals surface area (Å²) in [5.41, 5.74) is 2.82. The molecule has 0 bridgehead atoms. The molecule has 0 aliphatic heterocycles. The molecule has 2 aromatic heterocycles. The molecule has 0 spiro atoms. The summed E-state index contributed by atoms with van der Waals surface area (Å²) in [4.78, 5) is 17.2. The maximum atomic E-state index is 13.0. The van der Waals surface area contributed by atoms with Crippen molar-refractivity contribution in [1.82, 2.24) is 9.38 Å². The molecule has 5 heteroatoms. The van der Waals surface area contributed by atoms with Crippen LogP contribution in [0.1, 0.15) is 47.5 Å². The van der Waals surface area contributed by atoms with E-state index in [1.54, 1.807) is 24.8 Å². The van der Waals surface area contributed by atoms with E-state index in [0.717, 1.165) is 36.2 Å². The molecule has 25 heavy (non-hydrogen) atoms. The second-order valence-electron chi connectivity index (χ2n) is 6.72. The topological polar surface area (TPSA) is 34.4 Å². The van der Waals surface area contributed by atoms with E-state index in [9.17, 15) is 4.79 Å². The van der Waals surface area contributed by atoms with Gasteiger partial charge in [-0.05, 0) is 55.4 Å². The molecule has 0 N–H and O–H groups in total. The lowest BCUT2D eigenvalue weighted by atomic mass is 9.76. The van der Waals surface area contributed by atoms with E-state index >= 15 is 0 Å². The van der Waals surface area contributed by atoms with Crippen LogP contribution in [0.3, 0.4) is 0 Å². The first-order chi connectivity index (χ1) is 12.1. The molecule has 4 rings (SSSR count). The Hall–Kier alpha value is -1.84. The van der Waals surface area contributed by atoms with Crippen molar-refractivity contribution in [1.29, 1.82) is 0 Å². The van der Waals surface area contributed by atoms with Gasteiger partial charge < -0.3 is 4.40 Å². The maximum Gasteiger partial charge on any atom is 0.168 e. The third-order valence-corrected chi connectivity index (χ3v) is 5.65. The molecule has 1 aliphatic carbocycles. The summed E-state index contributed by atoms with van der Waals surface area (Å²) in [5.74, 6) is 0.749. The van der Waals surface area contributed by atoms with Gasteiger partial charge in [0.05, 0.1) is 23.1 Å². The zero-order valence-corrected chi connectivity index (χ0v) is 15.2. The highest BCUT2D eigenvalue weighted by Gasteiger charge is 2.29. The Morgan fingerprint density at radius 3 is 2.48 bits per heavy atom. The Balaban J connectivity index is 1.51. The van der Waals surface area contributed by atoms with E-state index in [2.05, 4.69) is 17.1 Å². The Morgan fingerprint density at radius 1 is 1.04 bits per heavy atom. The van der Waals surface area contributed by atoms with Gasteiger partial charge in [0.15, 0.2) is 5.78 Å². The summed E-state index contributed by atoms with van der Waals surface area (Å²) >= 11 is 12.1. The second kappa shape index (κ2) is 6.81. The molecule has 0 unspecified atom stereocenters. The minimum absolute atomic E-state index is 0.0562. The SMILES string of the molecule is O=C(c1cc(Cl)cn2cncc12)C1CCC(c2ccc(Cl)cc2)CC1. The Labute approximate surface area is 156 Å². The van der Waals surface area contributed by atoms with Crippen molar-refractivity contribution in [3.8, 4) is 0 Å². The number of hydrogen-bond acceptors (Lipinski definition) is 2. The molecule has 3 aromatic rings. The van der Waals surface area contributed by atoms with Crippen molar-refractivity contribution >= 4 is 34.5 Å². The molecule has 1 saturated carbocycles. The lowest BCUT2D eigenvalue weighted by Gasteiger charge is -2.28. The zero-order valence-electron chi connectivity index (χ0n) is 13.7. The quantitative estimate of drug-likeness (QED) is 0.544. The van der Waals surface area contributed by atoms with E-state index in [1.165, 1.54) is 5.56 Å². The van der Waals surface area contributed by atoms with Gasteiger partial charge in [0.25, 0.3) is 0 Å². The third-order valence-electron chi connectivity index (χ3n) is 5.19. The molecule has 0 amide bonds. The van der Waals surface area contributed by atoms with Crippen LogP contribution in [0.15, 0.2) is 49.1 Å². The van der Waals surface area contributed by atoms with Crippen LogP contribution in [0.2, 0.25) is 10.0 Å². The van der Waals surface area contributed by atoms with Crippen LogP contribution >= 0.6 is 23.2 Å². The molecule has 0 saturated heterocycles. The first-order valence-corrected chi connectivity index (χ1v) is 9.28. The van der Waals surface area contributed by atoms with Crippen LogP contribution in [0.4, 0.5) is 0 Å². The molecule has 128 valence electrons. The molecule has 3 nitrogen and oxygen atoms in total. The van der Waals surface area contributed by atoms with Gasteiger partial charge in [-0.25, -0.2) is 4.98 Å². The van der Waals surface area contributed by atoms with Gasteiger partial charge in [0.2, 0.25) is 0 Å². The lowest BCUT2D eigenvalue weighted by molar-refractivity contribution is 0.0885. The zero-order chi connectivity index (χ0) is 17.4. The number of carbonyl (C=O) groups excluding carboxylic acids is 1. The van der Waals surface area contributed by atoms with Crippen molar-refractivity contribution in [3.05, 3.63) is 70.2 Å². The summed E-state index contributed by atoms with van der Waals surface area (Å²) in [6.07, 6.45) is 9.02. The molecular weight excluding hydrogens is 355 g/mol. The number of Topliss-reactive ketones (excluding diaryl/α,β-unsaturated/α-hetero) is 1. The number of nitrogens with zero attached hydrogens (tertiary/aromatic N) is 2. The third kappa shape index (κ3) is 3.31. The fourth-order valence-corrected chi connectivity index (χ4v) is 4.18. The summed E-state index contributed by atoms with van der Waals surface area (Å²) in [7, 11) is 0. The van der Waals surface area contributed by atoms with E-state index in [-0.39, 0.29) is 11.7 Å². The highest BCUT2D eigenvalue weighted by atomic mass is 35.5. The van der Waals surface area contributed by atoms with Crippen LogP contribution in [0.25, 0.3) is 5.52 Å². The number of benzene rings is 1. The number of ketones is 1. The van der Waals surface area contributed by atoms with E-state index in [1.807, 2.05) is 16.5 Å². The summed E-state index contributed by atoms with van der Waals surface area (Å²) in [6.45, 7) is 0. The van der Waals surface area contributed by atoms with Crippen molar-refractivity contribution < 1.29 is 4.79 Å². The maximum absolute atomic E-state index is 13.0. The lowest BCUT2D eigenvalue weighted by Crippen LogP contribution is -2.21. The Bertz CT molecular complexity index is 909. The van der Waals surface area contributed by atoms with Gasteiger partial charge in [-0.15, -0.1) is 0 Å². The van der Waals surface area contributed by atoms with Crippen LogP contribution in [0, 0.1) is 5.92 Å². The monoisotopic (exact) mass is 372 g/mol. The summed E-state index contributed by atoms with van der Waals surface area (Å²) < 4.78 is 1.81. The van der Waals surface area contributed by atoms with Crippen LogP contribution in [-0.4, -0.2) is 15.2 Å². The molecule has 2 heterocycles. The number of rotatable bonds is 3. The Kier molecular flexibility index (Phi) is 4.53. The number of halogens is 2. The molecule has 0 radical (unpaired) electrons. The smallest absolute Gasteiger partial charge is 0.168 e. The van der Waals surface area contributed by atoms with Gasteiger partial charge >= 0.3 is 0 Å². The number of imidazole rings is 1. The van der Waals surface area contributed by atoms with Crippen LogP contribution < -0.4 is 0 Å². The van der Waals surface area contributed by atoms with Gasteiger partial charge in [-0.3, -0.25) is 4.79 Å². The highest BCUT2D eigenvalue weighted by molar-refractivity contribution is 6.31. The normalized spacial score (nSPS) is 20.7. The van der Waals surface area contributed by atoms with E-state index in [4.69, 9.17) is 23.2 Å². The summed E-state index contributed by atoms with van der Waals surface area (Å²) in [6, 6.07) is 9.85. The molecule has 0 atom stereocenters. The number of carbonyl (C=O) groups is 1. The van der Waals surface area contributed by atoms with Gasteiger partial charge in [0, 0.05) is 22.7 Å². The Morgan fingerprint density at radius 2 is 1.76 bits per heavy atom. The molecule has 1 aliphatic rings. The van der Waals surface area contributed by atoms with E-state index in [0.29, 0.717) is 16.5 Å². The molecule has 1 fully saturated rings. The standard InChI is InChI=1S/C20H18Cl2N2O/c21-16-7-5-14(6-8-16)13-1-3-15(4-2-13)20(25)18-9-17(22)11-24-12-23-10-19(18)24/h5-13,15H,1-4H2. The van der Waals surface area contributed by atoms with Crippen LogP contribution in [0.5, 0.6) is 0 Å². The van der Waals surface area contributed by atoms with Crippen molar-refractivity contribution in [2.75, 3.05) is 0 Å². The predicted octanol–water partition coefficient (Wildman–Crippen LogP) is 5.80. The highest BCUT2D eigenvalue weighted by Crippen LogP contribution is 2.38. The van der Waals surface area contributed by atoms with E-state index < -0.39 is 0 Å². The predicted molar refractivity (Wildman–Crippen MR) is 101 cm³/mol. The fraction of sp³-hybridized carbons (Fsp3) is 0.300. The number of hydrogen-bond donors (Lipinski definition) is 0. The largest absolute Gasteiger partial charge is 0.304 e. The number of fused-ring (bicyclic) bond motifs is 1. The first-order valence-electron chi connectivity index (χ1n) is 8.52. The average Bonchev–Trinajstić information content (AvgIpc) is 3.09. The van der Waals surface area contributed by atoms with Crippen LogP contribution in [-0.2, 0) is 0 Å². The average molecular weight is 373 g/mol. The number of pyridine rings is 1. The minimum Gasteiger partial charge on any atom is -0.304 e. The van der Waals surface area contributed by atoms with Crippen molar-refractivity contribution in [3.63, 3.8) is 0 Å².